The van der Waals surface area contributed by atoms with E-state index in [-0.39, 0.29) is 29.1 Å². The zero-order chi connectivity index (χ0) is 17.9. The Labute approximate surface area is 146 Å². The molecule has 1 amide bonds. The van der Waals surface area contributed by atoms with E-state index in [0.29, 0.717) is 11.0 Å². The minimum absolute atomic E-state index is 0.0616. The first-order valence-corrected chi connectivity index (χ1v) is 8.88. The third-order valence-corrected chi connectivity index (χ3v) is 4.55. The molecule has 0 aliphatic heterocycles. The molecule has 0 aliphatic rings. The molecule has 0 spiro atoms. The fourth-order valence-electron chi connectivity index (χ4n) is 2.58. The smallest absolute Gasteiger partial charge is 0.256 e. The standard InChI is InChI=1S/C18H23FN2O2S/c1-11(2)21(12(3)4)17(22)13(5)24-18-20-10-16(23-18)14-6-8-15(19)9-7-14/h6-13H,1-5H3. The molecule has 1 unspecified atom stereocenters. The maximum Gasteiger partial charge on any atom is 0.256 e. The van der Waals surface area contributed by atoms with Crippen LogP contribution in [-0.2, 0) is 4.79 Å². The van der Waals surface area contributed by atoms with Gasteiger partial charge in [0.2, 0.25) is 5.91 Å². The van der Waals surface area contributed by atoms with Crippen LogP contribution in [0.25, 0.3) is 11.3 Å². The fraction of sp³-hybridized carbons (Fsp3) is 0.444. The van der Waals surface area contributed by atoms with Crippen LogP contribution in [-0.4, -0.2) is 33.1 Å². The molecule has 1 heterocycles. The quantitative estimate of drug-likeness (QED) is 0.714. The van der Waals surface area contributed by atoms with Crippen LogP contribution < -0.4 is 0 Å². The first-order valence-electron chi connectivity index (χ1n) is 8.00. The van der Waals surface area contributed by atoms with Crippen molar-refractivity contribution in [3.63, 3.8) is 0 Å². The summed E-state index contributed by atoms with van der Waals surface area (Å²) in [6.07, 6.45) is 1.59. The Morgan fingerprint density at radius 3 is 2.25 bits per heavy atom. The molecule has 0 N–H and O–H groups in total. The lowest BCUT2D eigenvalue weighted by molar-refractivity contribution is -0.133. The Balaban J connectivity index is 2.08. The first-order chi connectivity index (χ1) is 11.3. The lowest BCUT2D eigenvalue weighted by Crippen LogP contribution is -2.45. The predicted molar refractivity (Wildman–Crippen MR) is 94.3 cm³/mol. The number of halogens is 1. The highest BCUT2D eigenvalue weighted by Gasteiger charge is 2.27. The van der Waals surface area contributed by atoms with Gasteiger partial charge in [-0.25, -0.2) is 9.37 Å². The van der Waals surface area contributed by atoms with Crippen LogP contribution in [0.15, 0.2) is 40.1 Å². The number of benzene rings is 1. The maximum absolute atomic E-state index is 13.0. The number of carbonyl (C=O) groups is 1. The zero-order valence-corrected chi connectivity index (χ0v) is 15.4. The van der Waals surface area contributed by atoms with Crippen molar-refractivity contribution in [2.24, 2.45) is 0 Å². The van der Waals surface area contributed by atoms with E-state index >= 15 is 0 Å². The molecule has 24 heavy (non-hydrogen) atoms. The Morgan fingerprint density at radius 2 is 1.71 bits per heavy atom. The number of carbonyl (C=O) groups excluding carboxylic acids is 1. The Hall–Kier alpha value is -1.82. The number of rotatable bonds is 6. The van der Waals surface area contributed by atoms with E-state index < -0.39 is 0 Å². The lowest BCUT2D eigenvalue weighted by atomic mass is 10.2. The van der Waals surface area contributed by atoms with Gasteiger partial charge in [0.25, 0.3) is 5.22 Å². The van der Waals surface area contributed by atoms with Crippen molar-refractivity contribution in [1.29, 1.82) is 0 Å². The van der Waals surface area contributed by atoms with Crippen molar-refractivity contribution >= 4 is 17.7 Å². The third kappa shape index (κ3) is 4.38. The lowest BCUT2D eigenvalue weighted by Gasteiger charge is -2.32. The van der Waals surface area contributed by atoms with Crippen molar-refractivity contribution in [1.82, 2.24) is 9.88 Å². The van der Waals surface area contributed by atoms with Gasteiger partial charge in [-0.15, -0.1) is 0 Å². The van der Waals surface area contributed by atoms with E-state index in [1.165, 1.54) is 23.9 Å². The minimum Gasteiger partial charge on any atom is -0.431 e. The normalized spacial score (nSPS) is 12.7. The zero-order valence-electron chi connectivity index (χ0n) is 14.6. The van der Waals surface area contributed by atoms with Gasteiger partial charge >= 0.3 is 0 Å². The third-order valence-electron chi connectivity index (χ3n) is 3.61. The molecule has 0 saturated carbocycles. The van der Waals surface area contributed by atoms with Gasteiger partial charge in [-0.2, -0.15) is 0 Å². The highest BCUT2D eigenvalue weighted by atomic mass is 32.2. The second kappa shape index (κ2) is 7.83. The second-order valence-corrected chi connectivity index (χ2v) is 7.48. The highest BCUT2D eigenvalue weighted by molar-refractivity contribution is 8.00. The van der Waals surface area contributed by atoms with E-state index in [1.54, 1.807) is 18.3 Å². The summed E-state index contributed by atoms with van der Waals surface area (Å²) in [5, 5.41) is 0.136. The Bertz CT molecular complexity index is 675. The van der Waals surface area contributed by atoms with Gasteiger partial charge in [-0.1, -0.05) is 11.8 Å². The van der Waals surface area contributed by atoms with Crippen molar-refractivity contribution in [2.45, 2.75) is 57.2 Å². The van der Waals surface area contributed by atoms with Gasteiger partial charge in [0.15, 0.2) is 5.76 Å². The summed E-state index contributed by atoms with van der Waals surface area (Å²) < 4.78 is 18.7. The van der Waals surface area contributed by atoms with Crippen molar-refractivity contribution in [3.05, 3.63) is 36.3 Å². The molecule has 0 bridgehead atoms. The van der Waals surface area contributed by atoms with Crippen LogP contribution in [0.4, 0.5) is 4.39 Å². The van der Waals surface area contributed by atoms with E-state index in [1.807, 2.05) is 39.5 Å². The molecule has 0 aliphatic carbocycles. The minimum atomic E-state index is -0.297. The molecule has 2 aromatic rings. The van der Waals surface area contributed by atoms with Gasteiger partial charge in [0, 0.05) is 17.6 Å². The SMILES string of the molecule is CC(Sc1ncc(-c2ccc(F)cc2)o1)C(=O)N(C(C)C)C(C)C. The topological polar surface area (TPSA) is 46.3 Å². The van der Waals surface area contributed by atoms with E-state index in [4.69, 9.17) is 4.42 Å². The number of thioether (sulfide) groups is 1. The highest BCUT2D eigenvalue weighted by Crippen LogP contribution is 2.29. The Kier molecular flexibility index (Phi) is 6.04. The Morgan fingerprint density at radius 1 is 1.12 bits per heavy atom. The second-order valence-electron chi connectivity index (χ2n) is 6.19. The maximum atomic E-state index is 13.0. The summed E-state index contributed by atoms with van der Waals surface area (Å²) in [4.78, 5) is 18.7. The molecule has 130 valence electrons. The molecular formula is C18H23FN2O2S. The molecule has 0 fully saturated rings. The number of hydrogen-bond donors (Lipinski definition) is 0. The molecule has 0 saturated heterocycles. The predicted octanol–water partition coefficient (Wildman–Crippen LogP) is 4.61. The largest absolute Gasteiger partial charge is 0.431 e. The molecule has 2 rings (SSSR count). The van der Waals surface area contributed by atoms with Gasteiger partial charge in [0.05, 0.1) is 11.4 Å². The van der Waals surface area contributed by atoms with Gasteiger partial charge in [-0.05, 0) is 58.9 Å². The van der Waals surface area contributed by atoms with E-state index in [2.05, 4.69) is 4.98 Å². The van der Waals surface area contributed by atoms with Crippen molar-refractivity contribution in [2.75, 3.05) is 0 Å². The van der Waals surface area contributed by atoms with Crippen molar-refractivity contribution < 1.29 is 13.6 Å². The van der Waals surface area contributed by atoms with Gasteiger partial charge in [-0.3, -0.25) is 4.79 Å². The summed E-state index contributed by atoms with van der Waals surface area (Å²) in [5.74, 6) is 0.322. The van der Waals surface area contributed by atoms with Crippen LogP contribution in [0.1, 0.15) is 34.6 Å². The first kappa shape index (κ1) is 18.5. The van der Waals surface area contributed by atoms with Crippen LogP contribution in [0, 0.1) is 5.82 Å². The molecule has 1 aromatic carbocycles. The van der Waals surface area contributed by atoms with Gasteiger partial charge < -0.3 is 9.32 Å². The molecule has 6 heteroatoms. The molecule has 4 nitrogen and oxygen atoms in total. The molecular weight excluding hydrogens is 327 g/mol. The summed E-state index contributed by atoms with van der Waals surface area (Å²) in [6, 6.07) is 6.30. The summed E-state index contributed by atoms with van der Waals surface area (Å²) in [6.45, 7) is 9.88. The number of amides is 1. The average Bonchev–Trinajstić information content (AvgIpc) is 2.95. The molecule has 1 aromatic heterocycles. The van der Waals surface area contributed by atoms with Crippen molar-refractivity contribution in [3.8, 4) is 11.3 Å². The van der Waals surface area contributed by atoms with Crippen LogP contribution in [0.2, 0.25) is 0 Å². The summed E-state index contributed by atoms with van der Waals surface area (Å²) >= 11 is 1.29. The fourth-order valence-corrected chi connectivity index (χ4v) is 3.35. The van der Waals surface area contributed by atoms with Gasteiger partial charge in [0.1, 0.15) is 5.82 Å². The number of aromatic nitrogens is 1. The average molecular weight is 350 g/mol. The number of hydrogen-bond acceptors (Lipinski definition) is 4. The molecule has 0 radical (unpaired) electrons. The monoisotopic (exact) mass is 350 g/mol. The number of oxazole rings is 1. The van der Waals surface area contributed by atoms with E-state index in [0.717, 1.165) is 5.56 Å². The van der Waals surface area contributed by atoms with E-state index in [9.17, 15) is 9.18 Å². The number of nitrogens with zero attached hydrogens (tertiary/aromatic N) is 2. The van der Waals surface area contributed by atoms with Crippen LogP contribution in [0.3, 0.4) is 0 Å². The van der Waals surface area contributed by atoms with Crippen LogP contribution in [0.5, 0.6) is 0 Å². The molecule has 1 atom stereocenters. The summed E-state index contributed by atoms with van der Waals surface area (Å²) in [7, 11) is 0. The summed E-state index contributed by atoms with van der Waals surface area (Å²) in [5.41, 5.74) is 0.751. The van der Waals surface area contributed by atoms with Crippen LogP contribution >= 0.6 is 11.8 Å².